The monoisotopic (exact) mass is 1230 g/mol. The van der Waals surface area contributed by atoms with E-state index in [2.05, 4.69) is 176 Å². The third-order valence-corrected chi connectivity index (χ3v) is 17.1. The molecule has 6 aliphatic rings. The van der Waals surface area contributed by atoms with E-state index in [9.17, 15) is 0 Å². The van der Waals surface area contributed by atoms with Crippen LogP contribution in [0.25, 0.3) is 33.4 Å². The van der Waals surface area contributed by atoms with Crippen LogP contribution in [0.5, 0.6) is 23.0 Å². The zero-order valence-electron chi connectivity index (χ0n) is 52.7. The van der Waals surface area contributed by atoms with Gasteiger partial charge in [-0.1, -0.05) is 152 Å². The second-order valence-electron chi connectivity index (χ2n) is 23.5. The topological polar surface area (TPSA) is 121 Å². The highest BCUT2D eigenvalue weighted by molar-refractivity contribution is 5.71. The van der Waals surface area contributed by atoms with Gasteiger partial charge in [0, 0.05) is 41.9 Å². The molecule has 3 aliphatic carbocycles. The second-order valence-corrected chi connectivity index (χ2v) is 23.5. The van der Waals surface area contributed by atoms with Gasteiger partial charge in [-0.25, -0.2) is 0 Å². The van der Waals surface area contributed by atoms with Crippen molar-refractivity contribution in [3.63, 3.8) is 0 Å². The number of ether oxygens (including phenoxy) is 12. The van der Waals surface area contributed by atoms with Gasteiger partial charge in [0.1, 0.15) is 67.7 Å². The molecule has 0 spiro atoms. The molecule has 0 N–H and O–H groups in total. The van der Waals surface area contributed by atoms with E-state index in [1.807, 2.05) is 37.3 Å². The molecule has 12 nitrogen and oxygen atoms in total. The summed E-state index contributed by atoms with van der Waals surface area (Å²) < 4.78 is 70.1. The molecule has 0 radical (unpaired) electrons. The Morgan fingerprint density at radius 1 is 0.500 bits per heavy atom. The van der Waals surface area contributed by atoms with Crippen molar-refractivity contribution in [2.45, 2.75) is 43.5 Å². The molecule has 0 amide bonds. The molecule has 0 saturated carbocycles. The molecule has 3 fully saturated rings. The second kappa shape index (κ2) is 32.3. The molecular weight excluding hydrogens is 1150 g/mol. The molecule has 6 aromatic carbocycles. The first-order chi connectivity index (χ1) is 45.5. The Morgan fingerprint density at radius 3 is 1.41 bits per heavy atom. The van der Waals surface area contributed by atoms with Crippen LogP contribution in [0, 0.1) is 24.2 Å². The minimum atomic E-state index is -0.144. The van der Waals surface area contributed by atoms with Crippen molar-refractivity contribution in [2.24, 2.45) is 11.8 Å². The fraction of sp³-hybridized carbons (Fsp3) is 0.325. The van der Waals surface area contributed by atoms with E-state index in [0.29, 0.717) is 85.9 Å². The zero-order valence-corrected chi connectivity index (χ0v) is 52.7. The molecule has 12 heteroatoms. The lowest BCUT2D eigenvalue weighted by Gasteiger charge is -2.26. The number of epoxide rings is 3. The molecule has 6 aromatic rings. The lowest BCUT2D eigenvalue weighted by atomic mass is 9.79. The van der Waals surface area contributed by atoms with Crippen molar-refractivity contribution in [1.82, 2.24) is 0 Å². The predicted octanol–water partition coefficient (Wildman–Crippen LogP) is 14.6. The van der Waals surface area contributed by atoms with Crippen LogP contribution >= 0.6 is 0 Å². The molecule has 3 saturated heterocycles. The van der Waals surface area contributed by atoms with E-state index < -0.39 is 0 Å². The van der Waals surface area contributed by atoms with Gasteiger partial charge in [-0.05, 0) is 141 Å². The summed E-state index contributed by atoms with van der Waals surface area (Å²) in [6, 6.07) is 47.8. The maximum absolute atomic E-state index is 6.73. The van der Waals surface area contributed by atoms with Crippen LogP contribution in [-0.4, -0.2) is 131 Å². The number of allylic oxidation sites excluding steroid dienone is 16. The molecule has 3 heterocycles. The Bertz CT molecular complexity index is 3700. The highest BCUT2D eigenvalue weighted by Gasteiger charge is 2.32. The Hall–Kier alpha value is -8.32. The van der Waals surface area contributed by atoms with Gasteiger partial charge in [0.05, 0.1) is 79.3 Å². The molecule has 474 valence electrons. The van der Waals surface area contributed by atoms with E-state index in [1.165, 1.54) is 16.7 Å². The quantitative estimate of drug-likeness (QED) is 0.0160. The standard InChI is InChI=1S/C80H82O12/c1-4-6-9-56(5-2)64-20-22-68(46-64)79(75-48-66(28-34-77(75)88-44-40-84-51-73-54-91-73)60-24-30-70(31-25-60)86-42-38-82-37-36-81-3)62-16-12-58(13-17-62)59-14-18-63(19-15-59)80(69-23-21-65(47-69)57-10-7-8-11-57)76-49-67(29-35-78(76)89-45-41-85-52-74-55-92-74)61-26-32-71(33-27-61)87-43-39-83-50-72-53-90-72/h1,5-7,9-35,46-49,68-69,72-74,79-80H,8,36-45,50-55H2,2-3H3/b9-6-,56-5+. The van der Waals surface area contributed by atoms with Crippen LogP contribution in [-0.2, 0) is 37.9 Å². The maximum atomic E-state index is 6.73. The van der Waals surface area contributed by atoms with Gasteiger partial charge >= 0.3 is 0 Å². The SMILES string of the molecule is C#C/C=C\C(=C/C)C1=CC(C(c2ccc(-c3ccc(C(c4cc(-c5ccc(OCCOCC6CO6)cc5)ccc4OCCOCC4CO4)C4C=CC(C5=CCC=C5)=C4)cc3)cc2)c2cc(-c3ccc(OCCOCCOC)cc3)ccc2OCCOCC2CO2)C=C1. The van der Waals surface area contributed by atoms with Gasteiger partial charge in [0.2, 0.25) is 0 Å². The third-order valence-electron chi connectivity index (χ3n) is 17.1. The number of rotatable bonds is 37. The van der Waals surface area contributed by atoms with Crippen molar-refractivity contribution in [3.05, 3.63) is 251 Å². The molecule has 7 unspecified atom stereocenters. The van der Waals surface area contributed by atoms with Crippen LogP contribution in [0.15, 0.2) is 229 Å². The number of methoxy groups -OCH3 is 1. The van der Waals surface area contributed by atoms with Crippen molar-refractivity contribution in [2.75, 3.05) is 113 Å². The molecule has 0 aromatic heterocycles. The Morgan fingerprint density at radius 2 is 0.946 bits per heavy atom. The van der Waals surface area contributed by atoms with Crippen molar-refractivity contribution < 1.29 is 56.8 Å². The molecule has 92 heavy (non-hydrogen) atoms. The van der Waals surface area contributed by atoms with Crippen molar-refractivity contribution in [1.29, 1.82) is 0 Å². The summed E-state index contributed by atoms with van der Waals surface area (Å²) in [5.74, 6) is 5.64. The zero-order chi connectivity index (χ0) is 62.7. The third kappa shape index (κ3) is 17.6. The van der Waals surface area contributed by atoms with E-state index >= 15 is 0 Å². The van der Waals surface area contributed by atoms with Gasteiger partial charge in [-0.3, -0.25) is 0 Å². The largest absolute Gasteiger partial charge is 0.491 e. The minimum Gasteiger partial charge on any atom is -0.491 e. The van der Waals surface area contributed by atoms with Crippen molar-refractivity contribution >= 4 is 0 Å². The Labute approximate surface area is 542 Å². The van der Waals surface area contributed by atoms with Crippen LogP contribution in [0.1, 0.15) is 47.4 Å². The lowest BCUT2D eigenvalue weighted by Crippen LogP contribution is -2.15. The van der Waals surface area contributed by atoms with Crippen molar-refractivity contribution in [3.8, 4) is 68.7 Å². The smallest absolute Gasteiger partial charge is 0.123 e. The number of terminal acetylenes is 1. The summed E-state index contributed by atoms with van der Waals surface area (Å²) in [6.45, 7) is 10.7. The van der Waals surface area contributed by atoms with Crippen LogP contribution < -0.4 is 18.9 Å². The normalized spacial score (nSPS) is 20.0. The predicted molar refractivity (Wildman–Crippen MR) is 361 cm³/mol. The van der Waals surface area contributed by atoms with E-state index in [1.54, 1.807) is 13.2 Å². The lowest BCUT2D eigenvalue weighted by molar-refractivity contribution is 0.0544. The number of benzene rings is 6. The van der Waals surface area contributed by atoms with Gasteiger partial charge in [0.25, 0.3) is 0 Å². The van der Waals surface area contributed by atoms with Gasteiger partial charge < -0.3 is 56.8 Å². The number of hydrogen-bond acceptors (Lipinski definition) is 12. The van der Waals surface area contributed by atoms with Crippen LogP contribution in [0.4, 0.5) is 0 Å². The summed E-state index contributed by atoms with van der Waals surface area (Å²) >= 11 is 0. The van der Waals surface area contributed by atoms with Crippen LogP contribution in [0.3, 0.4) is 0 Å². The summed E-state index contributed by atoms with van der Waals surface area (Å²) in [7, 11) is 1.67. The fourth-order valence-electron chi connectivity index (χ4n) is 12.0. The van der Waals surface area contributed by atoms with Gasteiger partial charge in [-0.2, -0.15) is 0 Å². The fourth-order valence-corrected chi connectivity index (χ4v) is 12.0. The highest BCUT2D eigenvalue weighted by Crippen LogP contribution is 2.47. The molecule has 3 aliphatic heterocycles. The Kier molecular flexibility index (Phi) is 22.4. The summed E-state index contributed by atoms with van der Waals surface area (Å²) in [4.78, 5) is 0. The van der Waals surface area contributed by atoms with Gasteiger partial charge in [-0.15, -0.1) is 6.42 Å². The number of hydrogen-bond donors (Lipinski definition) is 0. The Balaban J connectivity index is 0.856. The average molecular weight is 1240 g/mol. The van der Waals surface area contributed by atoms with Crippen LogP contribution in [0.2, 0.25) is 0 Å². The molecule has 7 atom stereocenters. The summed E-state index contributed by atoms with van der Waals surface area (Å²) in [5, 5.41) is 0. The molecular formula is C80H82O12. The summed E-state index contributed by atoms with van der Waals surface area (Å²) in [5.41, 5.74) is 15.6. The van der Waals surface area contributed by atoms with E-state index in [4.69, 9.17) is 63.3 Å². The average Bonchev–Trinajstić information content (AvgIpc) is 1.61. The first kappa shape index (κ1) is 63.8. The first-order valence-corrected chi connectivity index (χ1v) is 32.3. The molecule has 12 rings (SSSR count). The summed E-state index contributed by atoms with van der Waals surface area (Å²) in [6.07, 6.45) is 33.8. The maximum Gasteiger partial charge on any atom is 0.123 e. The van der Waals surface area contributed by atoms with E-state index in [0.717, 1.165) is 110 Å². The highest BCUT2D eigenvalue weighted by atomic mass is 16.6. The first-order valence-electron chi connectivity index (χ1n) is 32.3. The van der Waals surface area contributed by atoms with E-state index in [-0.39, 0.29) is 42.0 Å². The molecule has 0 bridgehead atoms. The van der Waals surface area contributed by atoms with Gasteiger partial charge in [0.15, 0.2) is 0 Å². The minimum absolute atomic E-state index is 0.0297.